The topological polar surface area (TPSA) is 80.4 Å². The third kappa shape index (κ3) is 2.08. The molecule has 19 heavy (non-hydrogen) atoms. The average molecular weight is 319 g/mol. The van der Waals surface area contributed by atoms with Crippen LogP contribution in [0.4, 0.5) is 0 Å². The number of aromatic carboxylic acids is 1. The van der Waals surface area contributed by atoms with Crippen LogP contribution in [0.5, 0.6) is 0 Å². The van der Waals surface area contributed by atoms with E-state index in [2.05, 4.69) is 31.0 Å². The van der Waals surface area contributed by atoms with E-state index >= 15 is 0 Å². The van der Waals surface area contributed by atoms with Gasteiger partial charge in [0, 0.05) is 22.4 Å². The molecule has 0 bridgehead atoms. The van der Waals surface area contributed by atoms with Crippen molar-refractivity contribution in [3.05, 3.63) is 46.8 Å². The molecule has 3 rings (SSSR count). The molecule has 94 valence electrons. The Kier molecular flexibility index (Phi) is 2.75. The number of fused-ring (bicyclic) bond motifs is 1. The SMILES string of the molecule is O=C(O)c1cccc2nc(-c3cncc(Br)c3)nn12. The Labute approximate surface area is 115 Å². The maximum absolute atomic E-state index is 11.1. The van der Waals surface area contributed by atoms with Gasteiger partial charge in [-0.05, 0) is 34.1 Å². The van der Waals surface area contributed by atoms with Gasteiger partial charge in [0.05, 0.1) is 0 Å². The Morgan fingerprint density at radius 1 is 1.32 bits per heavy atom. The molecule has 3 aromatic rings. The number of aromatic nitrogens is 4. The summed E-state index contributed by atoms with van der Waals surface area (Å²) < 4.78 is 2.11. The summed E-state index contributed by atoms with van der Waals surface area (Å²) in [5.74, 6) is -0.614. The normalized spacial score (nSPS) is 10.8. The lowest BCUT2D eigenvalue weighted by molar-refractivity contribution is 0.0687. The van der Waals surface area contributed by atoms with Crippen molar-refractivity contribution >= 4 is 27.5 Å². The lowest BCUT2D eigenvalue weighted by Crippen LogP contribution is -2.05. The number of halogens is 1. The summed E-state index contributed by atoms with van der Waals surface area (Å²) in [6.07, 6.45) is 3.28. The largest absolute Gasteiger partial charge is 0.477 e. The van der Waals surface area contributed by atoms with Crippen LogP contribution in [0.2, 0.25) is 0 Å². The Balaban J connectivity index is 2.22. The lowest BCUT2D eigenvalue weighted by atomic mass is 10.3. The van der Waals surface area contributed by atoms with Gasteiger partial charge in [0.2, 0.25) is 0 Å². The Morgan fingerprint density at radius 2 is 2.16 bits per heavy atom. The smallest absolute Gasteiger partial charge is 0.354 e. The molecule has 0 unspecified atom stereocenters. The lowest BCUT2D eigenvalue weighted by Gasteiger charge is -1.96. The van der Waals surface area contributed by atoms with Crippen LogP contribution in [0.25, 0.3) is 17.0 Å². The van der Waals surface area contributed by atoms with Crippen molar-refractivity contribution in [3.8, 4) is 11.4 Å². The van der Waals surface area contributed by atoms with Crippen molar-refractivity contribution < 1.29 is 9.90 Å². The maximum Gasteiger partial charge on any atom is 0.354 e. The van der Waals surface area contributed by atoms with Crippen LogP contribution in [0, 0.1) is 0 Å². The molecule has 1 N–H and O–H groups in total. The summed E-state index contributed by atoms with van der Waals surface area (Å²) in [5, 5.41) is 13.3. The highest BCUT2D eigenvalue weighted by atomic mass is 79.9. The maximum atomic E-state index is 11.1. The van der Waals surface area contributed by atoms with Crippen molar-refractivity contribution in [2.75, 3.05) is 0 Å². The van der Waals surface area contributed by atoms with E-state index in [1.165, 1.54) is 10.6 Å². The van der Waals surface area contributed by atoms with Crippen LogP contribution >= 0.6 is 15.9 Å². The predicted molar refractivity (Wildman–Crippen MR) is 70.9 cm³/mol. The van der Waals surface area contributed by atoms with E-state index in [0.717, 1.165) is 10.0 Å². The fourth-order valence-electron chi connectivity index (χ4n) is 1.72. The third-order valence-corrected chi connectivity index (χ3v) is 2.98. The van der Waals surface area contributed by atoms with E-state index in [4.69, 9.17) is 5.11 Å². The summed E-state index contributed by atoms with van der Waals surface area (Å²) in [6.45, 7) is 0. The molecular formula is C12H7BrN4O2. The standard InChI is InChI=1S/C12H7BrN4O2/c13-8-4-7(5-14-6-8)11-15-10-3-1-2-9(12(18)19)17(10)16-11/h1-6H,(H,18,19). The van der Waals surface area contributed by atoms with Gasteiger partial charge in [0.15, 0.2) is 17.2 Å². The van der Waals surface area contributed by atoms with Crippen LogP contribution < -0.4 is 0 Å². The van der Waals surface area contributed by atoms with Gasteiger partial charge in [0.25, 0.3) is 0 Å². The second-order valence-corrected chi connectivity index (χ2v) is 4.73. The molecule has 3 heterocycles. The van der Waals surface area contributed by atoms with Gasteiger partial charge in [-0.15, -0.1) is 5.10 Å². The molecule has 0 aliphatic carbocycles. The predicted octanol–water partition coefficient (Wildman–Crippen LogP) is 2.25. The number of rotatable bonds is 2. The van der Waals surface area contributed by atoms with Gasteiger partial charge in [-0.2, -0.15) is 0 Å². The molecular weight excluding hydrogens is 312 g/mol. The van der Waals surface area contributed by atoms with Crippen LogP contribution in [0.3, 0.4) is 0 Å². The minimum atomic E-state index is -1.05. The summed E-state index contributed by atoms with van der Waals surface area (Å²) in [6, 6.07) is 6.64. The van der Waals surface area contributed by atoms with Gasteiger partial charge < -0.3 is 5.11 Å². The monoisotopic (exact) mass is 318 g/mol. The van der Waals surface area contributed by atoms with Crippen LogP contribution in [0.1, 0.15) is 10.5 Å². The molecule has 0 fully saturated rings. The zero-order chi connectivity index (χ0) is 13.4. The number of hydrogen-bond acceptors (Lipinski definition) is 4. The molecule has 6 nitrogen and oxygen atoms in total. The van der Waals surface area contributed by atoms with Gasteiger partial charge in [-0.25, -0.2) is 14.3 Å². The molecule has 0 spiro atoms. The molecule has 0 radical (unpaired) electrons. The highest BCUT2D eigenvalue weighted by Gasteiger charge is 2.13. The van der Waals surface area contributed by atoms with Crippen LogP contribution in [-0.4, -0.2) is 30.7 Å². The first-order valence-corrected chi connectivity index (χ1v) is 6.14. The first-order valence-electron chi connectivity index (χ1n) is 5.35. The molecule has 0 aliphatic rings. The van der Waals surface area contributed by atoms with E-state index < -0.39 is 5.97 Å². The molecule has 0 saturated carbocycles. The van der Waals surface area contributed by atoms with Crippen LogP contribution in [0.15, 0.2) is 41.1 Å². The van der Waals surface area contributed by atoms with Gasteiger partial charge in [-0.1, -0.05) is 6.07 Å². The zero-order valence-electron chi connectivity index (χ0n) is 9.49. The number of pyridine rings is 2. The second-order valence-electron chi connectivity index (χ2n) is 3.81. The Bertz CT molecular complexity index is 784. The van der Waals surface area contributed by atoms with E-state index in [9.17, 15) is 4.79 Å². The number of carbonyl (C=O) groups is 1. The second kappa shape index (κ2) is 4.43. The fourth-order valence-corrected chi connectivity index (χ4v) is 2.09. The van der Waals surface area contributed by atoms with Crippen molar-refractivity contribution in [1.82, 2.24) is 19.6 Å². The molecule has 3 aromatic heterocycles. The molecule has 0 atom stereocenters. The first kappa shape index (κ1) is 11.8. The van der Waals surface area contributed by atoms with E-state index in [1.54, 1.807) is 24.5 Å². The summed E-state index contributed by atoms with van der Waals surface area (Å²) in [5.41, 5.74) is 1.27. The quantitative estimate of drug-likeness (QED) is 0.783. The Morgan fingerprint density at radius 3 is 2.89 bits per heavy atom. The summed E-state index contributed by atoms with van der Waals surface area (Å²) in [7, 11) is 0. The van der Waals surface area contributed by atoms with Crippen molar-refractivity contribution in [2.45, 2.75) is 0 Å². The van der Waals surface area contributed by atoms with Gasteiger partial charge in [0.1, 0.15) is 0 Å². The van der Waals surface area contributed by atoms with E-state index in [-0.39, 0.29) is 5.69 Å². The van der Waals surface area contributed by atoms with Crippen LogP contribution in [-0.2, 0) is 0 Å². The number of hydrogen-bond donors (Lipinski definition) is 1. The summed E-state index contributed by atoms with van der Waals surface area (Å²) in [4.78, 5) is 19.4. The van der Waals surface area contributed by atoms with E-state index in [0.29, 0.717) is 11.5 Å². The average Bonchev–Trinajstić information content (AvgIpc) is 2.82. The highest BCUT2D eigenvalue weighted by Crippen LogP contribution is 2.19. The minimum absolute atomic E-state index is 0.0687. The van der Waals surface area contributed by atoms with Crippen molar-refractivity contribution in [3.63, 3.8) is 0 Å². The molecule has 0 amide bonds. The third-order valence-electron chi connectivity index (χ3n) is 2.54. The fraction of sp³-hybridized carbons (Fsp3) is 0. The summed E-state index contributed by atoms with van der Waals surface area (Å²) >= 11 is 3.32. The molecule has 0 aromatic carbocycles. The van der Waals surface area contributed by atoms with Gasteiger partial charge >= 0.3 is 5.97 Å². The number of carboxylic acid groups (broad SMARTS) is 1. The van der Waals surface area contributed by atoms with Crippen molar-refractivity contribution in [2.24, 2.45) is 0 Å². The first-order chi connectivity index (χ1) is 9.15. The minimum Gasteiger partial charge on any atom is -0.477 e. The molecule has 0 saturated heterocycles. The zero-order valence-corrected chi connectivity index (χ0v) is 11.1. The number of carboxylic acids is 1. The molecule has 7 heteroatoms. The van der Waals surface area contributed by atoms with Crippen molar-refractivity contribution in [1.29, 1.82) is 0 Å². The number of nitrogens with zero attached hydrogens (tertiary/aromatic N) is 4. The van der Waals surface area contributed by atoms with Gasteiger partial charge in [-0.3, -0.25) is 4.98 Å². The highest BCUT2D eigenvalue weighted by molar-refractivity contribution is 9.10. The van der Waals surface area contributed by atoms with E-state index in [1.807, 2.05) is 6.07 Å². The molecule has 0 aliphatic heterocycles. The Hall–Kier alpha value is -2.28.